The molecule has 1 saturated heterocycles. The molecule has 1 unspecified atom stereocenters. The van der Waals surface area contributed by atoms with E-state index in [0.29, 0.717) is 6.04 Å². The van der Waals surface area contributed by atoms with Gasteiger partial charge in [0, 0.05) is 35.0 Å². The Morgan fingerprint density at radius 2 is 2.24 bits per heavy atom. The van der Waals surface area contributed by atoms with E-state index in [1.54, 1.807) is 0 Å². The van der Waals surface area contributed by atoms with Crippen molar-refractivity contribution in [1.29, 1.82) is 0 Å². The Morgan fingerprint density at radius 3 is 3.05 bits per heavy atom. The number of benzene rings is 1. The summed E-state index contributed by atoms with van der Waals surface area (Å²) in [6.45, 7) is 7.73. The molecule has 1 atom stereocenters. The van der Waals surface area contributed by atoms with Crippen molar-refractivity contribution in [3.8, 4) is 0 Å². The van der Waals surface area contributed by atoms with E-state index in [4.69, 9.17) is 5.73 Å². The average molecular weight is 284 g/mol. The molecule has 3 rings (SSSR count). The summed E-state index contributed by atoms with van der Waals surface area (Å²) in [6, 6.07) is 8.57. The lowest BCUT2D eigenvalue weighted by molar-refractivity contribution is 0.227. The van der Waals surface area contributed by atoms with Crippen LogP contribution in [-0.2, 0) is 0 Å². The lowest BCUT2D eigenvalue weighted by atomic mass is 10.0. The van der Waals surface area contributed by atoms with Crippen molar-refractivity contribution >= 4 is 22.3 Å². The van der Waals surface area contributed by atoms with Gasteiger partial charge in [-0.25, -0.2) is 0 Å². The highest BCUT2D eigenvalue weighted by Gasteiger charge is 2.19. The van der Waals surface area contributed by atoms with Gasteiger partial charge in [0.2, 0.25) is 0 Å². The largest absolute Gasteiger partial charge is 0.399 e. The number of nitrogens with two attached hydrogens (primary N) is 1. The van der Waals surface area contributed by atoms with Crippen LogP contribution in [0.3, 0.4) is 0 Å². The first-order chi connectivity index (χ1) is 10.2. The van der Waals surface area contributed by atoms with Crippen LogP contribution in [0.4, 0.5) is 11.4 Å². The van der Waals surface area contributed by atoms with Crippen LogP contribution in [0.1, 0.15) is 25.5 Å². The summed E-state index contributed by atoms with van der Waals surface area (Å²) in [7, 11) is 0. The van der Waals surface area contributed by atoms with Gasteiger partial charge in [-0.3, -0.25) is 4.98 Å². The van der Waals surface area contributed by atoms with Gasteiger partial charge in [-0.15, -0.1) is 0 Å². The van der Waals surface area contributed by atoms with Crippen LogP contribution in [0.2, 0.25) is 0 Å². The Labute approximate surface area is 126 Å². The number of piperidine rings is 1. The summed E-state index contributed by atoms with van der Waals surface area (Å²) >= 11 is 0. The summed E-state index contributed by atoms with van der Waals surface area (Å²) in [5.74, 6) is 0. The van der Waals surface area contributed by atoms with Gasteiger partial charge in [0.15, 0.2) is 0 Å². The number of fused-ring (bicyclic) bond motifs is 1. The zero-order valence-corrected chi connectivity index (χ0v) is 12.9. The van der Waals surface area contributed by atoms with E-state index in [1.807, 2.05) is 25.1 Å². The number of nitrogens with zero attached hydrogens (tertiary/aromatic N) is 2. The molecule has 1 aromatic heterocycles. The van der Waals surface area contributed by atoms with Gasteiger partial charge in [-0.05, 0) is 57.1 Å². The third-order valence-corrected chi connectivity index (χ3v) is 4.27. The van der Waals surface area contributed by atoms with E-state index in [9.17, 15) is 0 Å². The molecule has 2 heterocycles. The van der Waals surface area contributed by atoms with Crippen LogP contribution < -0.4 is 11.1 Å². The van der Waals surface area contributed by atoms with Crippen molar-refractivity contribution in [3.63, 3.8) is 0 Å². The van der Waals surface area contributed by atoms with E-state index in [2.05, 4.69) is 28.2 Å². The number of nitrogens with one attached hydrogen (secondary N) is 1. The van der Waals surface area contributed by atoms with E-state index in [1.165, 1.54) is 19.4 Å². The fraction of sp³-hybridized carbons (Fsp3) is 0.471. The number of nitrogen functional groups attached to an aromatic ring is 1. The maximum atomic E-state index is 5.94. The van der Waals surface area contributed by atoms with Crippen LogP contribution in [0, 0.1) is 6.92 Å². The summed E-state index contributed by atoms with van der Waals surface area (Å²) in [5.41, 5.74) is 9.94. The number of aromatic nitrogens is 1. The summed E-state index contributed by atoms with van der Waals surface area (Å²) in [5, 5.41) is 4.84. The van der Waals surface area contributed by atoms with Gasteiger partial charge < -0.3 is 16.0 Å². The molecule has 0 aliphatic carbocycles. The molecular weight excluding hydrogens is 260 g/mol. The summed E-state index contributed by atoms with van der Waals surface area (Å²) < 4.78 is 0. The molecule has 1 aliphatic heterocycles. The Morgan fingerprint density at radius 1 is 1.38 bits per heavy atom. The molecule has 0 bridgehead atoms. The van der Waals surface area contributed by atoms with Crippen LogP contribution in [0.25, 0.3) is 10.9 Å². The van der Waals surface area contributed by atoms with Crippen molar-refractivity contribution < 1.29 is 0 Å². The Kier molecular flexibility index (Phi) is 3.97. The maximum absolute atomic E-state index is 5.94. The van der Waals surface area contributed by atoms with Crippen LogP contribution in [0.5, 0.6) is 0 Å². The fourth-order valence-electron chi connectivity index (χ4n) is 3.18. The third-order valence-electron chi connectivity index (χ3n) is 4.27. The second-order valence-electron chi connectivity index (χ2n) is 5.96. The molecule has 4 heteroatoms. The normalized spacial score (nSPS) is 19.8. The highest BCUT2D eigenvalue weighted by Crippen LogP contribution is 2.27. The Hall–Kier alpha value is -1.81. The molecule has 112 valence electrons. The number of hydrogen-bond donors (Lipinski definition) is 2. The smallest absolute Gasteiger partial charge is 0.0727 e. The molecule has 1 aliphatic rings. The highest BCUT2D eigenvalue weighted by molar-refractivity contribution is 5.93. The summed E-state index contributed by atoms with van der Waals surface area (Å²) in [6.07, 6.45) is 2.48. The number of pyridine rings is 1. The van der Waals surface area contributed by atoms with Crippen LogP contribution in [-0.4, -0.2) is 35.6 Å². The topological polar surface area (TPSA) is 54.2 Å². The summed E-state index contributed by atoms with van der Waals surface area (Å²) in [4.78, 5) is 7.10. The standard InChI is InChI=1S/C17H24N4/c1-3-21-8-4-5-14(11-21)20-17-9-12(2)19-16-7-6-13(18)10-15(16)17/h6-7,9-10,14H,3-5,8,11,18H2,1-2H3,(H,19,20). The SMILES string of the molecule is CCN1CCCC(Nc2cc(C)nc3ccc(N)cc23)C1. The first kappa shape index (κ1) is 14.1. The van der Waals surface area contributed by atoms with E-state index >= 15 is 0 Å². The van der Waals surface area contributed by atoms with E-state index in [-0.39, 0.29) is 0 Å². The van der Waals surface area contributed by atoms with Crippen molar-refractivity contribution in [2.75, 3.05) is 30.7 Å². The van der Waals surface area contributed by atoms with Crippen LogP contribution >= 0.6 is 0 Å². The molecule has 0 saturated carbocycles. The number of anilines is 2. The molecule has 3 N–H and O–H groups in total. The number of likely N-dealkylation sites (tertiary alicyclic amines) is 1. The molecule has 1 aromatic carbocycles. The van der Waals surface area contributed by atoms with Crippen molar-refractivity contribution in [3.05, 3.63) is 30.0 Å². The lowest BCUT2D eigenvalue weighted by Gasteiger charge is -2.33. The molecule has 2 aromatic rings. The lowest BCUT2D eigenvalue weighted by Crippen LogP contribution is -2.41. The first-order valence-electron chi connectivity index (χ1n) is 7.81. The monoisotopic (exact) mass is 284 g/mol. The van der Waals surface area contributed by atoms with Gasteiger partial charge in [0.25, 0.3) is 0 Å². The Bertz CT molecular complexity index is 638. The number of likely N-dealkylation sites (N-methyl/N-ethyl adjacent to an activating group) is 1. The highest BCUT2D eigenvalue weighted by atomic mass is 15.2. The quantitative estimate of drug-likeness (QED) is 0.851. The third kappa shape index (κ3) is 3.10. The minimum atomic E-state index is 0.505. The van der Waals surface area contributed by atoms with Gasteiger partial charge >= 0.3 is 0 Å². The average Bonchev–Trinajstić information content (AvgIpc) is 2.48. The van der Waals surface area contributed by atoms with Crippen LogP contribution in [0.15, 0.2) is 24.3 Å². The van der Waals surface area contributed by atoms with Crippen molar-refractivity contribution in [2.24, 2.45) is 0 Å². The molecule has 1 fully saturated rings. The molecule has 0 amide bonds. The van der Waals surface area contributed by atoms with Crippen molar-refractivity contribution in [1.82, 2.24) is 9.88 Å². The fourth-order valence-corrected chi connectivity index (χ4v) is 3.18. The minimum absolute atomic E-state index is 0.505. The zero-order valence-electron chi connectivity index (χ0n) is 12.9. The van der Waals surface area contributed by atoms with Crippen molar-refractivity contribution in [2.45, 2.75) is 32.7 Å². The van der Waals surface area contributed by atoms with Gasteiger partial charge in [-0.1, -0.05) is 6.92 Å². The number of hydrogen-bond acceptors (Lipinski definition) is 4. The van der Waals surface area contributed by atoms with Gasteiger partial charge in [0.05, 0.1) is 5.52 Å². The second-order valence-corrected chi connectivity index (χ2v) is 5.96. The minimum Gasteiger partial charge on any atom is -0.399 e. The first-order valence-corrected chi connectivity index (χ1v) is 7.81. The predicted octanol–water partition coefficient (Wildman–Crippen LogP) is 3.02. The number of rotatable bonds is 3. The number of aryl methyl sites for hydroxylation is 1. The van der Waals surface area contributed by atoms with Gasteiger partial charge in [0.1, 0.15) is 0 Å². The molecule has 0 spiro atoms. The van der Waals surface area contributed by atoms with Gasteiger partial charge in [-0.2, -0.15) is 0 Å². The molecule has 0 radical (unpaired) electrons. The van der Waals surface area contributed by atoms with E-state index in [0.717, 1.165) is 41.1 Å². The zero-order chi connectivity index (χ0) is 14.8. The van der Waals surface area contributed by atoms with E-state index < -0.39 is 0 Å². The molecule has 21 heavy (non-hydrogen) atoms. The second kappa shape index (κ2) is 5.90. The molecular formula is C17H24N4. The Balaban J connectivity index is 1.90. The maximum Gasteiger partial charge on any atom is 0.0727 e. The predicted molar refractivity (Wildman–Crippen MR) is 89.7 cm³/mol. The molecule has 4 nitrogen and oxygen atoms in total.